The van der Waals surface area contributed by atoms with E-state index in [0.29, 0.717) is 16.3 Å². The van der Waals surface area contributed by atoms with Gasteiger partial charge in [0.05, 0.1) is 16.3 Å². The molecule has 0 fully saturated rings. The van der Waals surface area contributed by atoms with Crippen LogP contribution in [0.4, 0.5) is 4.39 Å². The van der Waals surface area contributed by atoms with Gasteiger partial charge in [-0.25, -0.2) is 9.37 Å². The minimum atomic E-state index is -0.925. The molecule has 0 bridgehead atoms. The van der Waals surface area contributed by atoms with Crippen LogP contribution in [-0.4, -0.2) is 22.7 Å². The Morgan fingerprint density at radius 3 is 2.55 bits per heavy atom. The molecule has 0 saturated carbocycles. The van der Waals surface area contributed by atoms with E-state index in [0.717, 1.165) is 26.6 Å². The maximum absolute atomic E-state index is 13.5. The number of rotatable bonds is 8. The summed E-state index contributed by atoms with van der Waals surface area (Å²) in [5, 5.41) is 10.2. The fourth-order valence-corrected chi connectivity index (χ4v) is 4.51. The first-order valence-electron chi connectivity index (χ1n) is 10.1. The molecule has 0 aliphatic heterocycles. The first kappa shape index (κ1) is 22.7. The van der Waals surface area contributed by atoms with E-state index in [1.165, 1.54) is 23.5 Å². The van der Waals surface area contributed by atoms with Crippen LogP contribution in [0.5, 0.6) is 5.75 Å². The number of carbonyl (C=O) groups is 1. The number of hydrogen-bond acceptors (Lipinski definition) is 4. The van der Waals surface area contributed by atoms with E-state index in [2.05, 4.69) is 4.98 Å². The monoisotopic (exact) mass is 479 g/mol. The second-order valence-electron chi connectivity index (χ2n) is 7.17. The second kappa shape index (κ2) is 10.4. The highest BCUT2D eigenvalue weighted by molar-refractivity contribution is 7.16. The number of benzene rings is 3. The number of carboxylic acids is 1. The van der Waals surface area contributed by atoms with Gasteiger partial charge in [-0.3, -0.25) is 4.79 Å². The minimum absolute atomic E-state index is 0.107. The maximum atomic E-state index is 13.5. The number of aromatic nitrogens is 1. The van der Waals surface area contributed by atoms with Gasteiger partial charge in [0, 0.05) is 11.8 Å². The van der Waals surface area contributed by atoms with E-state index in [1.807, 2.05) is 36.4 Å². The van der Waals surface area contributed by atoms with Crippen molar-refractivity contribution < 1.29 is 19.0 Å². The SMILES string of the molecule is O=C(O)Cc1ccc(OC/C=C(\c2ccc(F)cc2)c2cnc(-c3ccccc3)s2)c(Cl)c1. The zero-order valence-electron chi connectivity index (χ0n) is 17.4. The Bertz CT molecular complexity index is 1290. The molecule has 0 spiro atoms. The summed E-state index contributed by atoms with van der Waals surface area (Å²) in [5.74, 6) is -0.780. The fourth-order valence-electron chi connectivity index (χ4n) is 3.26. The van der Waals surface area contributed by atoms with Crippen molar-refractivity contribution in [2.24, 2.45) is 0 Å². The Hall–Kier alpha value is -3.48. The molecule has 33 heavy (non-hydrogen) atoms. The molecule has 0 unspecified atom stereocenters. The number of thiazole rings is 1. The van der Waals surface area contributed by atoms with E-state index < -0.39 is 5.97 Å². The van der Waals surface area contributed by atoms with Crippen LogP contribution in [0.25, 0.3) is 16.1 Å². The van der Waals surface area contributed by atoms with Crippen LogP contribution in [0.3, 0.4) is 0 Å². The standard InChI is InChI=1S/C26H19ClFNO3S/c27-22-14-17(15-25(30)31)6-11-23(22)32-13-12-21(18-7-9-20(28)10-8-18)24-16-29-26(33-24)19-4-2-1-3-5-19/h1-12,14,16H,13,15H2,(H,30,31)/b21-12+. The highest BCUT2D eigenvalue weighted by Crippen LogP contribution is 2.33. The first-order valence-corrected chi connectivity index (χ1v) is 11.3. The average molecular weight is 480 g/mol. The minimum Gasteiger partial charge on any atom is -0.488 e. The van der Waals surface area contributed by atoms with Crippen LogP contribution in [0, 0.1) is 5.82 Å². The second-order valence-corrected chi connectivity index (χ2v) is 8.60. The van der Waals surface area contributed by atoms with Crippen molar-refractivity contribution in [3.05, 3.63) is 112 Å². The van der Waals surface area contributed by atoms with Crippen LogP contribution < -0.4 is 4.74 Å². The van der Waals surface area contributed by atoms with Gasteiger partial charge in [0.15, 0.2) is 0 Å². The third-order valence-corrected chi connectivity index (χ3v) is 6.20. The van der Waals surface area contributed by atoms with E-state index in [4.69, 9.17) is 21.4 Å². The Morgan fingerprint density at radius 1 is 1.09 bits per heavy atom. The van der Waals surface area contributed by atoms with Crippen LogP contribution in [-0.2, 0) is 11.2 Å². The van der Waals surface area contributed by atoms with E-state index in [1.54, 1.807) is 36.5 Å². The van der Waals surface area contributed by atoms with Crippen molar-refractivity contribution in [3.8, 4) is 16.3 Å². The van der Waals surface area contributed by atoms with Crippen molar-refractivity contribution >= 4 is 34.5 Å². The molecule has 0 radical (unpaired) electrons. The third-order valence-electron chi connectivity index (χ3n) is 4.83. The van der Waals surface area contributed by atoms with Gasteiger partial charge in [-0.2, -0.15) is 0 Å². The molecule has 3 aromatic carbocycles. The molecule has 4 rings (SSSR count). The zero-order chi connectivity index (χ0) is 23.2. The van der Waals surface area contributed by atoms with Gasteiger partial charge in [0.2, 0.25) is 0 Å². The molecule has 4 nitrogen and oxygen atoms in total. The quantitative estimate of drug-likeness (QED) is 0.304. The van der Waals surface area contributed by atoms with Crippen molar-refractivity contribution in [2.45, 2.75) is 6.42 Å². The molecular weight excluding hydrogens is 461 g/mol. The number of aliphatic carboxylic acids is 1. The van der Waals surface area contributed by atoms with Crippen molar-refractivity contribution in [1.29, 1.82) is 0 Å². The lowest BCUT2D eigenvalue weighted by Gasteiger charge is -2.09. The highest BCUT2D eigenvalue weighted by Gasteiger charge is 2.12. The number of halogens is 2. The van der Waals surface area contributed by atoms with Crippen molar-refractivity contribution in [3.63, 3.8) is 0 Å². The normalized spacial score (nSPS) is 11.4. The Labute approximate surface area is 199 Å². The summed E-state index contributed by atoms with van der Waals surface area (Å²) in [6, 6.07) is 21.1. The molecule has 1 heterocycles. The van der Waals surface area contributed by atoms with E-state index in [-0.39, 0.29) is 18.8 Å². The predicted octanol–water partition coefficient (Wildman–Crippen LogP) is 6.74. The Morgan fingerprint density at radius 2 is 1.85 bits per heavy atom. The van der Waals surface area contributed by atoms with Crippen LogP contribution in [0.15, 0.2) is 85.1 Å². The van der Waals surface area contributed by atoms with Gasteiger partial charge in [-0.05, 0) is 47.0 Å². The average Bonchev–Trinajstić information content (AvgIpc) is 3.29. The molecular formula is C26H19ClFNO3S. The molecule has 7 heteroatoms. The summed E-state index contributed by atoms with van der Waals surface area (Å²) < 4.78 is 19.3. The van der Waals surface area contributed by atoms with Crippen molar-refractivity contribution in [2.75, 3.05) is 6.61 Å². The van der Waals surface area contributed by atoms with E-state index in [9.17, 15) is 9.18 Å². The van der Waals surface area contributed by atoms with Crippen LogP contribution >= 0.6 is 22.9 Å². The summed E-state index contributed by atoms with van der Waals surface area (Å²) >= 11 is 7.80. The van der Waals surface area contributed by atoms with Gasteiger partial charge in [0.1, 0.15) is 23.2 Å². The lowest BCUT2D eigenvalue weighted by molar-refractivity contribution is -0.136. The third kappa shape index (κ3) is 5.86. The molecule has 1 aromatic heterocycles. The maximum Gasteiger partial charge on any atom is 0.307 e. The highest BCUT2D eigenvalue weighted by atomic mass is 35.5. The molecule has 0 amide bonds. The molecule has 4 aromatic rings. The Kier molecular flexibility index (Phi) is 7.17. The first-order chi connectivity index (χ1) is 16.0. The summed E-state index contributed by atoms with van der Waals surface area (Å²) in [6.07, 6.45) is 3.59. The van der Waals surface area contributed by atoms with Gasteiger partial charge in [-0.15, -0.1) is 11.3 Å². The zero-order valence-corrected chi connectivity index (χ0v) is 18.9. The number of carboxylic acid groups (broad SMARTS) is 1. The van der Waals surface area contributed by atoms with Gasteiger partial charge in [-0.1, -0.05) is 60.1 Å². The Balaban J connectivity index is 1.59. The van der Waals surface area contributed by atoms with Gasteiger partial charge >= 0.3 is 5.97 Å². The number of hydrogen-bond donors (Lipinski definition) is 1. The summed E-state index contributed by atoms with van der Waals surface area (Å²) in [6.45, 7) is 0.212. The molecule has 1 N–H and O–H groups in total. The van der Waals surface area contributed by atoms with E-state index >= 15 is 0 Å². The van der Waals surface area contributed by atoms with Crippen molar-refractivity contribution in [1.82, 2.24) is 4.98 Å². The fraction of sp³-hybridized carbons (Fsp3) is 0.0769. The summed E-state index contributed by atoms with van der Waals surface area (Å²) in [5.41, 5.74) is 3.33. The largest absolute Gasteiger partial charge is 0.488 e. The summed E-state index contributed by atoms with van der Waals surface area (Å²) in [7, 11) is 0. The molecule has 0 aliphatic carbocycles. The smallest absolute Gasteiger partial charge is 0.307 e. The van der Waals surface area contributed by atoms with Crippen LogP contribution in [0.2, 0.25) is 5.02 Å². The van der Waals surface area contributed by atoms with Gasteiger partial charge < -0.3 is 9.84 Å². The summed E-state index contributed by atoms with van der Waals surface area (Å²) in [4.78, 5) is 16.4. The lowest BCUT2D eigenvalue weighted by atomic mass is 10.0. The lowest BCUT2D eigenvalue weighted by Crippen LogP contribution is -2.01. The molecule has 0 aliphatic rings. The molecule has 166 valence electrons. The molecule has 0 atom stereocenters. The van der Waals surface area contributed by atoms with Gasteiger partial charge in [0.25, 0.3) is 0 Å². The number of ether oxygens (including phenoxy) is 1. The van der Waals surface area contributed by atoms with Crippen LogP contribution in [0.1, 0.15) is 16.0 Å². The molecule has 0 saturated heterocycles. The predicted molar refractivity (Wildman–Crippen MR) is 129 cm³/mol. The topological polar surface area (TPSA) is 59.4 Å². The number of nitrogens with zero attached hydrogens (tertiary/aromatic N) is 1.